The van der Waals surface area contributed by atoms with Gasteiger partial charge >= 0.3 is 6.18 Å². The monoisotopic (exact) mass is 410 g/mol. The normalized spacial score (nSPS) is 22.0. The van der Waals surface area contributed by atoms with E-state index in [2.05, 4.69) is 15.4 Å². The van der Waals surface area contributed by atoms with Crippen LogP contribution in [0.15, 0.2) is 35.5 Å². The highest BCUT2D eigenvalue weighted by molar-refractivity contribution is 6.30. The highest BCUT2D eigenvalue weighted by Gasteiger charge is 2.43. The highest BCUT2D eigenvalue weighted by atomic mass is 35.5. The van der Waals surface area contributed by atoms with Crippen LogP contribution >= 0.6 is 11.6 Å². The summed E-state index contributed by atoms with van der Waals surface area (Å²) in [6.45, 7) is 2.05. The molecule has 5 nitrogen and oxygen atoms in total. The van der Waals surface area contributed by atoms with Gasteiger partial charge in [0.2, 0.25) is 5.95 Å². The molecule has 2 atom stereocenters. The standard InChI is InChI=1S/C19H18ClF3N4O/c1-2-3-10-8-13-15(14(28)9-10)16(11-4-6-12(20)7-5-11)27-18(24-13)25-17(26-27)19(21,22)23/h4-7,10,16H,2-3,8-9H2,1H3,(H,24,25,26)/t10-,16+/m0/s1. The summed E-state index contributed by atoms with van der Waals surface area (Å²) in [5, 5.41) is 7.12. The highest BCUT2D eigenvalue weighted by Crippen LogP contribution is 2.43. The summed E-state index contributed by atoms with van der Waals surface area (Å²) >= 11 is 5.96. The lowest BCUT2D eigenvalue weighted by molar-refractivity contribution is -0.145. The van der Waals surface area contributed by atoms with Crippen molar-refractivity contribution in [3.8, 4) is 0 Å². The van der Waals surface area contributed by atoms with Crippen LogP contribution in [0, 0.1) is 5.92 Å². The largest absolute Gasteiger partial charge is 0.453 e. The number of nitrogens with zero attached hydrogens (tertiary/aromatic N) is 3. The molecule has 9 heteroatoms. The van der Waals surface area contributed by atoms with Crippen LogP contribution in [0.3, 0.4) is 0 Å². The second-order valence-corrected chi connectivity index (χ2v) is 7.60. The average Bonchev–Trinajstić information content (AvgIpc) is 3.05. The first kappa shape index (κ1) is 19.0. The quantitative estimate of drug-likeness (QED) is 0.773. The topological polar surface area (TPSA) is 59.8 Å². The number of hydrogen-bond acceptors (Lipinski definition) is 4. The Kier molecular flexibility index (Phi) is 4.69. The Morgan fingerprint density at radius 1 is 1.25 bits per heavy atom. The van der Waals surface area contributed by atoms with E-state index in [0.29, 0.717) is 34.7 Å². The average molecular weight is 411 g/mol. The molecule has 0 bridgehead atoms. The van der Waals surface area contributed by atoms with Gasteiger partial charge in [0.05, 0.1) is 0 Å². The summed E-state index contributed by atoms with van der Waals surface area (Å²) in [6, 6.07) is 5.93. The lowest BCUT2D eigenvalue weighted by atomic mass is 9.79. The van der Waals surface area contributed by atoms with Crippen molar-refractivity contribution in [2.24, 2.45) is 5.92 Å². The molecule has 0 saturated carbocycles. The van der Waals surface area contributed by atoms with E-state index in [-0.39, 0.29) is 17.6 Å². The van der Waals surface area contributed by atoms with Crippen LogP contribution < -0.4 is 5.32 Å². The maximum Gasteiger partial charge on any atom is 0.453 e. The first-order valence-corrected chi connectivity index (χ1v) is 9.48. The molecule has 4 rings (SSSR count). The predicted molar refractivity (Wildman–Crippen MR) is 97.9 cm³/mol. The van der Waals surface area contributed by atoms with Crippen LogP contribution in [-0.4, -0.2) is 20.5 Å². The molecule has 0 saturated heterocycles. The number of alkyl halides is 3. The predicted octanol–water partition coefficient (Wildman–Crippen LogP) is 5.00. The van der Waals surface area contributed by atoms with Crippen LogP contribution in [-0.2, 0) is 11.0 Å². The molecule has 2 aliphatic rings. The molecule has 2 heterocycles. The number of carbonyl (C=O) groups is 1. The third-order valence-electron chi connectivity index (χ3n) is 5.14. The zero-order chi connectivity index (χ0) is 20.1. The van der Waals surface area contributed by atoms with Gasteiger partial charge in [0, 0.05) is 22.7 Å². The van der Waals surface area contributed by atoms with Gasteiger partial charge in [0.1, 0.15) is 6.04 Å². The Balaban J connectivity index is 1.85. The second kappa shape index (κ2) is 6.92. The minimum absolute atomic E-state index is 0.00373. The van der Waals surface area contributed by atoms with Crippen LogP contribution in [0.4, 0.5) is 19.1 Å². The van der Waals surface area contributed by atoms with Crippen LogP contribution in [0.5, 0.6) is 0 Å². The molecule has 148 valence electrons. The smallest absolute Gasteiger partial charge is 0.328 e. The molecule has 0 spiro atoms. The SMILES string of the molecule is CCC[C@@H]1CC(=O)C2=C(C1)Nc1nc(C(F)(F)F)nn1[C@@H]2c1ccc(Cl)cc1. The Hall–Kier alpha value is -2.35. The molecule has 0 radical (unpaired) electrons. The fourth-order valence-electron chi connectivity index (χ4n) is 3.98. The maximum absolute atomic E-state index is 13.2. The summed E-state index contributed by atoms with van der Waals surface area (Å²) in [4.78, 5) is 16.6. The Morgan fingerprint density at radius 2 is 1.96 bits per heavy atom. The fraction of sp³-hybridized carbons (Fsp3) is 0.421. The number of halogens is 4. The summed E-state index contributed by atoms with van der Waals surface area (Å²) in [6.07, 6.45) is -1.86. The molecule has 2 aromatic rings. The van der Waals surface area contributed by atoms with Gasteiger partial charge < -0.3 is 5.32 Å². The number of rotatable bonds is 3. The number of hydrogen-bond donors (Lipinski definition) is 1. The van der Waals surface area contributed by atoms with Gasteiger partial charge in [0.25, 0.3) is 5.82 Å². The van der Waals surface area contributed by atoms with Gasteiger partial charge in [-0.2, -0.15) is 18.2 Å². The van der Waals surface area contributed by atoms with Crippen LogP contribution in [0.2, 0.25) is 5.02 Å². The third-order valence-corrected chi connectivity index (χ3v) is 5.39. The zero-order valence-corrected chi connectivity index (χ0v) is 15.8. The van der Waals surface area contributed by atoms with E-state index in [1.165, 1.54) is 0 Å². The van der Waals surface area contributed by atoms with E-state index in [9.17, 15) is 18.0 Å². The maximum atomic E-state index is 13.2. The Bertz CT molecular complexity index is 949. The molecule has 1 N–H and O–H groups in total. The van der Waals surface area contributed by atoms with Gasteiger partial charge in [-0.25, -0.2) is 4.68 Å². The lowest BCUT2D eigenvalue weighted by Crippen LogP contribution is -2.34. The van der Waals surface area contributed by atoms with Crippen molar-refractivity contribution >= 4 is 23.3 Å². The summed E-state index contributed by atoms with van der Waals surface area (Å²) < 4.78 is 40.8. The number of allylic oxidation sites excluding steroid dienone is 2. The number of benzene rings is 1. The minimum atomic E-state index is -4.67. The zero-order valence-electron chi connectivity index (χ0n) is 15.1. The molecule has 0 fully saturated rings. The van der Waals surface area contributed by atoms with Crippen molar-refractivity contribution in [1.29, 1.82) is 0 Å². The molecule has 1 aromatic heterocycles. The number of Topliss-reactive ketones (excluding diaryl/α,β-unsaturated/α-hetero) is 1. The Labute approximate surface area is 164 Å². The lowest BCUT2D eigenvalue weighted by Gasteiger charge is -2.35. The molecule has 1 aliphatic heterocycles. The number of ketones is 1. The summed E-state index contributed by atoms with van der Waals surface area (Å²) in [5.74, 6) is -1.13. The van der Waals surface area contributed by atoms with E-state index in [4.69, 9.17) is 11.6 Å². The van der Waals surface area contributed by atoms with E-state index in [1.807, 2.05) is 6.92 Å². The van der Waals surface area contributed by atoms with Crippen LogP contribution in [0.1, 0.15) is 50.0 Å². The Morgan fingerprint density at radius 3 is 2.61 bits per heavy atom. The van der Waals surface area contributed by atoms with E-state index in [0.717, 1.165) is 17.5 Å². The van der Waals surface area contributed by atoms with E-state index in [1.54, 1.807) is 24.3 Å². The fourth-order valence-corrected chi connectivity index (χ4v) is 4.10. The first-order valence-electron chi connectivity index (χ1n) is 9.10. The number of fused-ring (bicyclic) bond motifs is 1. The van der Waals surface area contributed by atoms with E-state index < -0.39 is 18.0 Å². The van der Waals surface area contributed by atoms with Gasteiger partial charge in [0.15, 0.2) is 5.78 Å². The molecule has 0 amide bonds. The number of aromatic nitrogens is 3. The molecule has 1 aliphatic carbocycles. The third kappa shape index (κ3) is 3.30. The summed E-state index contributed by atoms with van der Waals surface area (Å²) in [5.41, 5.74) is 1.74. The first-order chi connectivity index (χ1) is 13.3. The minimum Gasteiger partial charge on any atom is -0.328 e. The van der Waals surface area contributed by atoms with Crippen molar-refractivity contribution in [3.05, 3.63) is 51.9 Å². The molecular weight excluding hydrogens is 393 g/mol. The number of nitrogens with one attached hydrogen (secondary N) is 1. The van der Waals surface area contributed by atoms with Gasteiger partial charge in [-0.3, -0.25) is 4.79 Å². The van der Waals surface area contributed by atoms with Gasteiger partial charge in [-0.05, 0) is 36.5 Å². The molecular formula is C19H18ClF3N4O. The van der Waals surface area contributed by atoms with E-state index >= 15 is 0 Å². The van der Waals surface area contributed by atoms with Crippen molar-refractivity contribution in [3.63, 3.8) is 0 Å². The molecule has 1 aromatic carbocycles. The number of carbonyl (C=O) groups excluding carboxylic acids is 1. The van der Waals surface area contributed by atoms with Gasteiger partial charge in [-0.15, -0.1) is 5.10 Å². The van der Waals surface area contributed by atoms with Crippen molar-refractivity contribution in [2.75, 3.05) is 5.32 Å². The van der Waals surface area contributed by atoms with Crippen molar-refractivity contribution < 1.29 is 18.0 Å². The summed E-state index contributed by atoms with van der Waals surface area (Å²) in [7, 11) is 0. The van der Waals surface area contributed by atoms with Crippen molar-refractivity contribution in [1.82, 2.24) is 14.8 Å². The van der Waals surface area contributed by atoms with Crippen molar-refractivity contribution in [2.45, 2.75) is 44.8 Å². The number of anilines is 1. The van der Waals surface area contributed by atoms with Crippen LogP contribution in [0.25, 0.3) is 0 Å². The second-order valence-electron chi connectivity index (χ2n) is 7.16. The molecule has 0 unspecified atom stereocenters. The van der Waals surface area contributed by atoms with Gasteiger partial charge in [-0.1, -0.05) is 37.1 Å². The molecule has 28 heavy (non-hydrogen) atoms.